The molecule has 2 heterocycles. The predicted octanol–water partition coefficient (Wildman–Crippen LogP) is 1.59. The highest BCUT2D eigenvalue weighted by atomic mass is 16.1. The van der Waals surface area contributed by atoms with Gasteiger partial charge in [0.05, 0.1) is 5.56 Å². The SMILES string of the molecule is Cc1ccncc1CNC(=O)c1ccc(C#N)cn1. The Kier molecular flexibility index (Phi) is 3.84. The maximum absolute atomic E-state index is 11.9. The van der Waals surface area contributed by atoms with Gasteiger partial charge in [0.25, 0.3) is 5.91 Å². The molecule has 0 radical (unpaired) electrons. The van der Waals surface area contributed by atoms with Crippen LogP contribution in [0.25, 0.3) is 0 Å². The molecular weight excluding hydrogens is 240 g/mol. The minimum atomic E-state index is -0.271. The maximum atomic E-state index is 11.9. The lowest BCUT2D eigenvalue weighted by Crippen LogP contribution is -2.24. The van der Waals surface area contributed by atoms with Crippen molar-refractivity contribution in [3.8, 4) is 6.07 Å². The van der Waals surface area contributed by atoms with E-state index in [9.17, 15) is 4.79 Å². The molecule has 5 nitrogen and oxygen atoms in total. The number of nitriles is 1. The van der Waals surface area contributed by atoms with Gasteiger partial charge in [-0.3, -0.25) is 9.78 Å². The summed E-state index contributed by atoms with van der Waals surface area (Å²) in [5.41, 5.74) is 2.76. The number of hydrogen-bond donors (Lipinski definition) is 1. The Hall–Kier alpha value is -2.74. The van der Waals surface area contributed by atoms with E-state index in [0.29, 0.717) is 17.8 Å². The fraction of sp³-hybridized carbons (Fsp3) is 0.143. The summed E-state index contributed by atoms with van der Waals surface area (Å²) >= 11 is 0. The van der Waals surface area contributed by atoms with Gasteiger partial charge in [0.15, 0.2) is 0 Å². The van der Waals surface area contributed by atoms with Crippen molar-refractivity contribution in [2.24, 2.45) is 0 Å². The van der Waals surface area contributed by atoms with Crippen LogP contribution in [0.15, 0.2) is 36.8 Å². The van der Waals surface area contributed by atoms with Gasteiger partial charge in [0, 0.05) is 25.1 Å². The van der Waals surface area contributed by atoms with E-state index in [4.69, 9.17) is 5.26 Å². The second-order valence-corrected chi connectivity index (χ2v) is 4.03. The van der Waals surface area contributed by atoms with E-state index in [-0.39, 0.29) is 5.91 Å². The molecular formula is C14H12N4O. The largest absolute Gasteiger partial charge is 0.347 e. The lowest BCUT2D eigenvalue weighted by molar-refractivity contribution is 0.0946. The van der Waals surface area contributed by atoms with Gasteiger partial charge < -0.3 is 5.32 Å². The van der Waals surface area contributed by atoms with Gasteiger partial charge in [-0.15, -0.1) is 0 Å². The molecule has 0 aromatic carbocycles. The van der Waals surface area contributed by atoms with Crippen molar-refractivity contribution in [2.45, 2.75) is 13.5 Å². The Morgan fingerprint density at radius 1 is 1.37 bits per heavy atom. The Morgan fingerprint density at radius 2 is 2.21 bits per heavy atom. The Labute approximate surface area is 110 Å². The molecule has 1 amide bonds. The van der Waals surface area contributed by atoms with Crippen LogP contribution in [-0.4, -0.2) is 15.9 Å². The van der Waals surface area contributed by atoms with Crippen molar-refractivity contribution < 1.29 is 4.79 Å². The van der Waals surface area contributed by atoms with Crippen molar-refractivity contribution in [3.63, 3.8) is 0 Å². The number of hydrogen-bond acceptors (Lipinski definition) is 4. The molecule has 0 aliphatic rings. The van der Waals surface area contributed by atoms with Gasteiger partial charge in [-0.25, -0.2) is 4.98 Å². The molecule has 0 saturated heterocycles. The van der Waals surface area contributed by atoms with Crippen molar-refractivity contribution in [2.75, 3.05) is 0 Å². The van der Waals surface area contributed by atoms with Crippen LogP contribution >= 0.6 is 0 Å². The average Bonchev–Trinajstić information content (AvgIpc) is 2.46. The molecule has 1 N–H and O–H groups in total. The third-order valence-corrected chi connectivity index (χ3v) is 2.71. The number of aryl methyl sites for hydroxylation is 1. The summed E-state index contributed by atoms with van der Waals surface area (Å²) in [5, 5.41) is 11.4. The number of nitrogens with one attached hydrogen (secondary N) is 1. The first-order chi connectivity index (χ1) is 9.20. The number of aromatic nitrogens is 2. The van der Waals surface area contributed by atoms with Crippen LogP contribution in [0, 0.1) is 18.3 Å². The molecule has 0 unspecified atom stereocenters. The fourth-order valence-electron chi connectivity index (χ4n) is 1.54. The summed E-state index contributed by atoms with van der Waals surface area (Å²) in [7, 11) is 0. The molecule has 2 aromatic rings. The molecule has 5 heteroatoms. The summed E-state index contributed by atoms with van der Waals surface area (Å²) in [6.07, 6.45) is 4.81. The molecule has 0 fully saturated rings. The van der Waals surface area contributed by atoms with E-state index in [1.807, 2.05) is 19.1 Å². The van der Waals surface area contributed by atoms with E-state index in [2.05, 4.69) is 15.3 Å². The number of rotatable bonds is 3. The van der Waals surface area contributed by atoms with Crippen LogP contribution < -0.4 is 5.32 Å². The van der Waals surface area contributed by atoms with Crippen molar-refractivity contribution in [1.82, 2.24) is 15.3 Å². The van der Waals surface area contributed by atoms with E-state index in [1.54, 1.807) is 18.5 Å². The molecule has 0 saturated carbocycles. The fourth-order valence-corrected chi connectivity index (χ4v) is 1.54. The number of nitrogens with zero attached hydrogens (tertiary/aromatic N) is 3. The van der Waals surface area contributed by atoms with Gasteiger partial charge >= 0.3 is 0 Å². The smallest absolute Gasteiger partial charge is 0.270 e. The maximum Gasteiger partial charge on any atom is 0.270 e. The Bertz CT molecular complexity index is 629. The summed E-state index contributed by atoms with van der Waals surface area (Å²) in [5.74, 6) is -0.271. The third kappa shape index (κ3) is 3.13. The minimum Gasteiger partial charge on any atom is -0.347 e. The summed E-state index contributed by atoms with van der Waals surface area (Å²) < 4.78 is 0. The second kappa shape index (κ2) is 5.74. The molecule has 2 aromatic heterocycles. The molecule has 0 aliphatic carbocycles. The van der Waals surface area contributed by atoms with Crippen LogP contribution in [0.3, 0.4) is 0 Å². The van der Waals surface area contributed by atoms with E-state index in [0.717, 1.165) is 11.1 Å². The predicted molar refractivity (Wildman–Crippen MR) is 69.1 cm³/mol. The Balaban J connectivity index is 2.02. The van der Waals surface area contributed by atoms with Crippen LogP contribution in [0.5, 0.6) is 0 Å². The first-order valence-corrected chi connectivity index (χ1v) is 5.74. The van der Waals surface area contributed by atoms with Crippen molar-refractivity contribution in [3.05, 3.63) is 59.2 Å². The average molecular weight is 252 g/mol. The molecule has 0 bridgehead atoms. The lowest BCUT2D eigenvalue weighted by Gasteiger charge is -2.06. The van der Waals surface area contributed by atoms with Gasteiger partial charge in [0.1, 0.15) is 11.8 Å². The van der Waals surface area contributed by atoms with E-state index < -0.39 is 0 Å². The topological polar surface area (TPSA) is 78.7 Å². The van der Waals surface area contributed by atoms with Crippen molar-refractivity contribution >= 4 is 5.91 Å². The van der Waals surface area contributed by atoms with Crippen molar-refractivity contribution in [1.29, 1.82) is 5.26 Å². The van der Waals surface area contributed by atoms with Gasteiger partial charge in [0.2, 0.25) is 0 Å². The molecule has 19 heavy (non-hydrogen) atoms. The van der Waals surface area contributed by atoms with E-state index in [1.165, 1.54) is 12.3 Å². The monoisotopic (exact) mass is 252 g/mol. The lowest BCUT2D eigenvalue weighted by atomic mass is 10.1. The highest BCUT2D eigenvalue weighted by Crippen LogP contribution is 2.05. The zero-order valence-electron chi connectivity index (χ0n) is 10.4. The third-order valence-electron chi connectivity index (χ3n) is 2.71. The summed E-state index contributed by atoms with van der Waals surface area (Å²) in [4.78, 5) is 19.8. The quantitative estimate of drug-likeness (QED) is 0.899. The van der Waals surface area contributed by atoms with Gasteiger partial charge in [-0.05, 0) is 36.2 Å². The number of carbonyl (C=O) groups is 1. The van der Waals surface area contributed by atoms with Crippen LogP contribution in [-0.2, 0) is 6.54 Å². The molecule has 0 spiro atoms. The summed E-state index contributed by atoms with van der Waals surface area (Å²) in [6.45, 7) is 2.36. The molecule has 2 rings (SSSR count). The zero-order chi connectivity index (χ0) is 13.7. The van der Waals surface area contributed by atoms with E-state index >= 15 is 0 Å². The Morgan fingerprint density at radius 3 is 2.84 bits per heavy atom. The number of carbonyl (C=O) groups excluding carboxylic acids is 1. The first kappa shape index (κ1) is 12.7. The molecule has 94 valence electrons. The summed E-state index contributed by atoms with van der Waals surface area (Å²) in [6, 6.07) is 6.94. The molecule has 0 atom stereocenters. The molecule has 0 aliphatic heterocycles. The zero-order valence-corrected chi connectivity index (χ0v) is 10.4. The van der Waals surface area contributed by atoms with Crippen LogP contribution in [0.1, 0.15) is 27.2 Å². The first-order valence-electron chi connectivity index (χ1n) is 5.74. The van der Waals surface area contributed by atoms with Gasteiger partial charge in [-0.2, -0.15) is 5.26 Å². The highest BCUT2D eigenvalue weighted by Gasteiger charge is 2.07. The standard InChI is InChI=1S/C14H12N4O/c1-10-4-5-16-8-12(10)9-18-14(19)13-3-2-11(6-15)7-17-13/h2-5,7-8H,9H2,1H3,(H,18,19). The highest BCUT2D eigenvalue weighted by molar-refractivity contribution is 5.92. The number of amides is 1. The second-order valence-electron chi connectivity index (χ2n) is 4.03. The normalized spacial score (nSPS) is 9.68. The number of pyridine rings is 2. The van der Waals surface area contributed by atoms with Gasteiger partial charge in [-0.1, -0.05) is 0 Å². The minimum absolute atomic E-state index is 0.271. The van der Waals surface area contributed by atoms with Crippen LogP contribution in [0.2, 0.25) is 0 Å². The van der Waals surface area contributed by atoms with Crippen LogP contribution in [0.4, 0.5) is 0 Å².